The third-order valence-electron chi connectivity index (χ3n) is 2.76. The standard InChI is InChI=1S/C15H18N2O2/c1-10(2)8-12-9-13(17-16-12)15(18)19-14-7-5-4-6-11(14)3/h4-7,9-10H,8H2,1-3H3,(H,16,17). The maximum absolute atomic E-state index is 12.0. The lowest BCUT2D eigenvalue weighted by atomic mass is 10.1. The Hall–Kier alpha value is -2.10. The molecule has 1 N–H and O–H groups in total. The van der Waals surface area contributed by atoms with Crippen LogP contribution in [-0.2, 0) is 6.42 Å². The number of aromatic nitrogens is 2. The first-order valence-electron chi connectivity index (χ1n) is 6.38. The van der Waals surface area contributed by atoms with Gasteiger partial charge < -0.3 is 4.74 Å². The fraction of sp³-hybridized carbons (Fsp3) is 0.333. The highest BCUT2D eigenvalue weighted by Gasteiger charge is 2.14. The molecule has 4 nitrogen and oxygen atoms in total. The maximum Gasteiger partial charge on any atom is 0.364 e. The molecule has 0 atom stereocenters. The van der Waals surface area contributed by atoms with Crippen LogP contribution in [0.1, 0.15) is 35.6 Å². The number of rotatable bonds is 4. The van der Waals surface area contributed by atoms with Crippen molar-refractivity contribution in [2.45, 2.75) is 27.2 Å². The molecule has 0 radical (unpaired) electrons. The van der Waals surface area contributed by atoms with Gasteiger partial charge in [0.1, 0.15) is 5.75 Å². The molecule has 19 heavy (non-hydrogen) atoms. The van der Waals surface area contributed by atoms with Gasteiger partial charge in [0.05, 0.1) is 0 Å². The summed E-state index contributed by atoms with van der Waals surface area (Å²) in [6.07, 6.45) is 0.866. The van der Waals surface area contributed by atoms with Gasteiger partial charge in [-0.2, -0.15) is 5.10 Å². The zero-order chi connectivity index (χ0) is 13.8. The molecule has 0 bridgehead atoms. The number of ether oxygens (including phenoxy) is 1. The number of nitrogens with zero attached hydrogens (tertiary/aromatic N) is 1. The van der Waals surface area contributed by atoms with E-state index in [1.54, 1.807) is 12.1 Å². The Labute approximate surface area is 112 Å². The predicted molar refractivity (Wildman–Crippen MR) is 73.3 cm³/mol. The van der Waals surface area contributed by atoms with Crippen LogP contribution < -0.4 is 4.74 Å². The molecule has 1 aromatic carbocycles. The summed E-state index contributed by atoms with van der Waals surface area (Å²) >= 11 is 0. The second-order valence-corrected chi connectivity index (χ2v) is 5.03. The van der Waals surface area contributed by atoms with Crippen molar-refractivity contribution >= 4 is 5.97 Å². The summed E-state index contributed by atoms with van der Waals surface area (Å²) in [5.41, 5.74) is 2.19. The van der Waals surface area contributed by atoms with Gasteiger partial charge in [0.2, 0.25) is 0 Å². The number of aryl methyl sites for hydroxylation is 1. The van der Waals surface area contributed by atoms with Crippen molar-refractivity contribution in [2.24, 2.45) is 5.92 Å². The first-order valence-corrected chi connectivity index (χ1v) is 6.38. The molecule has 0 saturated heterocycles. The highest BCUT2D eigenvalue weighted by atomic mass is 16.5. The number of aromatic amines is 1. The number of H-pyrrole nitrogens is 1. The molecule has 0 aliphatic heterocycles. The quantitative estimate of drug-likeness (QED) is 0.677. The molecule has 2 rings (SSSR count). The number of nitrogens with one attached hydrogen (secondary N) is 1. The zero-order valence-electron chi connectivity index (χ0n) is 11.4. The van der Waals surface area contributed by atoms with E-state index in [1.807, 2.05) is 25.1 Å². The Morgan fingerprint density at radius 2 is 2.11 bits per heavy atom. The second-order valence-electron chi connectivity index (χ2n) is 5.03. The normalized spacial score (nSPS) is 10.7. The lowest BCUT2D eigenvalue weighted by Gasteiger charge is -2.04. The van der Waals surface area contributed by atoms with Crippen LogP contribution >= 0.6 is 0 Å². The molecule has 0 amide bonds. The van der Waals surface area contributed by atoms with Crippen molar-refractivity contribution in [3.63, 3.8) is 0 Å². The lowest BCUT2D eigenvalue weighted by Crippen LogP contribution is -2.09. The van der Waals surface area contributed by atoms with Gasteiger partial charge >= 0.3 is 5.97 Å². The number of para-hydroxylation sites is 1. The Morgan fingerprint density at radius 1 is 1.37 bits per heavy atom. The number of carbonyl (C=O) groups excluding carboxylic acids is 1. The van der Waals surface area contributed by atoms with Gasteiger partial charge in [-0.15, -0.1) is 0 Å². The third kappa shape index (κ3) is 3.44. The summed E-state index contributed by atoms with van der Waals surface area (Å²) in [7, 11) is 0. The minimum atomic E-state index is -0.430. The van der Waals surface area contributed by atoms with E-state index in [1.165, 1.54) is 0 Å². The van der Waals surface area contributed by atoms with E-state index in [4.69, 9.17) is 4.74 Å². The van der Waals surface area contributed by atoms with Crippen LogP contribution in [0.2, 0.25) is 0 Å². The van der Waals surface area contributed by atoms with E-state index in [9.17, 15) is 4.79 Å². The highest BCUT2D eigenvalue weighted by Crippen LogP contribution is 2.18. The summed E-state index contributed by atoms with van der Waals surface area (Å²) in [5, 5.41) is 6.86. The van der Waals surface area contributed by atoms with Gasteiger partial charge in [0.25, 0.3) is 0 Å². The summed E-state index contributed by atoms with van der Waals surface area (Å²) in [6.45, 7) is 6.13. The molecular formula is C15H18N2O2. The van der Waals surface area contributed by atoms with Crippen LogP contribution in [0.4, 0.5) is 0 Å². The van der Waals surface area contributed by atoms with E-state index >= 15 is 0 Å². The molecule has 2 aromatic rings. The van der Waals surface area contributed by atoms with Crippen LogP contribution in [0.5, 0.6) is 5.75 Å². The van der Waals surface area contributed by atoms with Crippen molar-refractivity contribution < 1.29 is 9.53 Å². The first-order chi connectivity index (χ1) is 9.06. The maximum atomic E-state index is 12.0. The topological polar surface area (TPSA) is 55.0 Å². The molecule has 0 fully saturated rings. The SMILES string of the molecule is Cc1ccccc1OC(=O)c1cc(CC(C)C)[nH]n1. The summed E-state index contributed by atoms with van der Waals surface area (Å²) in [6, 6.07) is 9.17. The average molecular weight is 258 g/mol. The fourth-order valence-electron chi connectivity index (χ4n) is 1.83. The van der Waals surface area contributed by atoms with Crippen LogP contribution in [0.3, 0.4) is 0 Å². The minimum Gasteiger partial charge on any atom is -0.421 e. The van der Waals surface area contributed by atoms with E-state index in [2.05, 4.69) is 24.0 Å². The van der Waals surface area contributed by atoms with Gasteiger partial charge in [-0.1, -0.05) is 32.0 Å². The molecule has 0 spiro atoms. The van der Waals surface area contributed by atoms with Crippen LogP contribution in [0.25, 0.3) is 0 Å². The Kier molecular flexibility index (Phi) is 4.00. The largest absolute Gasteiger partial charge is 0.421 e. The third-order valence-corrected chi connectivity index (χ3v) is 2.76. The van der Waals surface area contributed by atoms with Crippen LogP contribution in [-0.4, -0.2) is 16.2 Å². The highest BCUT2D eigenvalue weighted by molar-refractivity contribution is 5.89. The van der Waals surface area contributed by atoms with Gasteiger partial charge in [-0.25, -0.2) is 4.79 Å². The molecule has 1 heterocycles. The van der Waals surface area contributed by atoms with Crippen LogP contribution in [0.15, 0.2) is 30.3 Å². The minimum absolute atomic E-state index is 0.318. The van der Waals surface area contributed by atoms with E-state index in [-0.39, 0.29) is 0 Å². The molecule has 0 aliphatic carbocycles. The Balaban J connectivity index is 2.08. The van der Waals surface area contributed by atoms with Crippen molar-refractivity contribution in [1.29, 1.82) is 0 Å². The summed E-state index contributed by atoms with van der Waals surface area (Å²) in [4.78, 5) is 12.0. The number of benzene rings is 1. The van der Waals surface area contributed by atoms with Gasteiger partial charge in [0, 0.05) is 5.69 Å². The van der Waals surface area contributed by atoms with E-state index in [0.29, 0.717) is 17.4 Å². The van der Waals surface area contributed by atoms with Crippen molar-refractivity contribution in [3.05, 3.63) is 47.3 Å². The van der Waals surface area contributed by atoms with Crippen molar-refractivity contribution in [1.82, 2.24) is 10.2 Å². The number of hydrogen-bond donors (Lipinski definition) is 1. The number of esters is 1. The molecule has 4 heteroatoms. The van der Waals surface area contributed by atoms with Gasteiger partial charge in [-0.05, 0) is 37.0 Å². The molecular weight excluding hydrogens is 240 g/mol. The number of carbonyl (C=O) groups is 1. The Bertz CT molecular complexity index is 573. The molecule has 1 aromatic heterocycles. The van der Waals surface area contributed by atoms with Gasteiger partial charge in [0.15, 0.2) is 5.69 Å². The molecule has 0 saturated carbocycles. The average Bonchev–Trinajstić information content (AvgIpc) is 2.79. The number of hydrogen-bond acceptors (Lipinski definition) is 3. The second kappa shape index (κ2) is 5.69. The smallest absolute Gasteiger partial charge is 0.364 e. The monoisotopic (exact) mass is 258 g/mol. The molecule has 0 aliphatic rings. The van der Waals surface area contributed by atoms with Crippen LogP contribution in [0, 0.1) is 12.8 Å². The summed E-state index contributed by atoms with van der Waals surface area (Å²) < 4.78 is 5.33. The van der Waals surface area contributed by atoms with E-state index < -0.39 is 5.97 Å². The van der Waals surface area contributed by atoms with Crippen molar-refractivity contribution in [3.8, 4) is 5.75 Å². The molecule has 0 unspecified atom stereocenters. The lowest BCUT2D eigenvalue weighted by molar-refractivity contribution is 0.0727. The first kappa shape index (κ1) is 13.3. The zero-order valence-corrected chi connectivity index (χ0v) is 11.4. The van der Waals surface area contributed by atoms with E-state index in [0.717, 1.165) is 17.7 Å². The summed E-state index contributed by atoms with van der Waals surface area (Å²) in [5.74, 6) is 0.655. The van der Waals surface area contributed by atoms with Gasteiger partial charge in [-0.3, -0.25) is 5.10 Å². The Morgan fingerprint density at radius 3 is 2.79 bits per heavy atom. The fourth-order valence-corrected chi connectivity index (χ4v) is 1.83. The predicted octanol–water partition coefficient (Wildman–Crippen LogP) is 3.14. The molecule has 100 valence electrons. The van der Waals surface area contributed by atoms with Crippen molar-refractivity contribution in [2.75, 3.05) is 0 Å².